The molecule has 14 heavy (non-hydrogen) atoms. The molecular formula is C12H26FN. The van der Waals surface area contributed by atoms with Gasteiger partial charge in [-0.3, -0.25) is 0 Å². The summed E-state index contributed by atoms with van der Waals surface area (Å²) in [5, 5.41) is 3.20. The number of hydrogen-bond acceptors (Lipinski definition) is 1. The first-order valence-electron chi connectivity index (χ1n) is 5.72. The van der Waals surface area contributed by atoms with E-state index in [0.29, 0.717) is 18.8 Å². The zero-order chi connectivity index (χ0) is 11.2. The van der Waals surface area contributed by atoms with Crippen LogP contribution >= 0.6 is 0 Å². The van der Waals surface area contributed by atoms with Crippen molar-refractivity contribution in [3.8, 4) is 0 Å². The predicted octanol–water partition coefficient (Wildman–Crippen LogP) is 3.40. The molecule has 2 heteroatoms. The highest BCUT2D eigenvalue weighted by molar-refractivity contribution is 4.77. The smallest absolute Gasteiger partial charge is 0.0999 e. The molecule has 0 spiro atoms. The molecule has 86 valence electrons. The van der Waals surface area contributed by atoms with Crippen molar-refractivity contribution in [1.29, 1.82) is 0 Å². The van der Waals surface area contributed by atoms with Crippen molar-refractivity contribution in [2.75, 3.05) is 13.6 Å². The minimum Gasteiger partial charge on any atom is -0.319 e. The molecule has 0 aromatic rings. The summed E-state index contributed by atoms with van der Waals surface area (Å²) in [7, 11) is 1.97. The largest absolute Gasteiger partial charge is 0.319 e. The zero-order valence-corrected chi connectivity index (χ0v) is 10.4. The van der Waals surface area contributed by atoms with Gasteiger partial charge < -0.3 is 5.32 Å². The summed E-state index contributed by atoms with van der Waals surface area (Å²) in [6.07, 6.45) is 1.75. The standard InChI is InChI=1S/C12H26FN/c1-6-11(13)8-7-10(2)12(3,4)9-14-5/h10-11,14H,6-9H2,1-5H3/t10-,11?/m0/s1. The zero-order valence-electron chi connectivity index (χ0n) is 10.4. The summed E-state index contributed by atoms with van der Waals surface area (Å²) in [5.41, 5.74) is 0.266. The Bertz CT molecular complexity index is 145. The highest BCUT2D eigenvalue weighted by Gasteiger charge is 2.25. The maximum Gasteiger partial charge on any atom is 0.0999 e. The van der Waals surface area contributed by atoms with Crippen LogP contribution in [-0.2, 0) is 0 Å². The van der Waals surface area contributed by atoms with Gasteiger partial charge in [-0.1, -0.05) is 27.7 Å². The first-order valence-corrected chi connectivity index (χ1v) is 5.72. The van der Waals surface area contributed by atoms with Gasteiger partial charge in [-0.05, 0) is 37.6 Å². The Hall–Kier alpha value is -0.110. The van der Waals surface area contributed by atoms with Gasteiger partial charge in [-0.25, -0.2) is 4.39 Å². The third-order valence-electron chi connectivity index (χ3n) is 3.32. The van der Waals surface area contributed by atoms with Gasteiger partial charge in [0.1, 0.15) is 0 Å². The summed E-state index contributed by atoms with van der Waals surface area (Å²) < 4.78 is 13.1. The second-order valence-corrected chi connectivity index (χ2v) is 5.00. The number of nitrogens with one attached hydrogen (secondary N) is 1. The fourth-order valence-corrected chi connectivity index (χ4v) is 1.66. The molecule has 0 saturated carbocycles. The highest BCUT2D eigenvalue weighted by Crippen LogP contribution is 2.30. The van der Waals surface area contributed by atoms with Crippen LogP contribution in [0, 0.1) is 11.3 Å². The van der Waals surface area contributed by atoms with Gasteiger partial charge in [0, 0.05) is 6.54 Å². The van der Waals surface area contributed by atoms with Crippen molar-refractivity contribution in [2.45, 2.75) is 53.1 Å². The average Bonchev–Trinajstić information content (AvgIpc) is 2.13. The highest BCUT2D eigenvalue weighted by atomic mass is 19.1. The van der Waals surface area contributed by atoms with Crippen molar-refractivity contribution in [1.82, 2.24) is 5.32 Å². The fourth-order valence-electron chi connectivity index (χ4n) is 1.66. The van der Waals surface area contributed by atoms with E-state index in [4.69, 9.17) is 0 Å². The lowest BCUT2D eigenvalue weighted by Gasteiger charge is -2.32. The fraction of sp³-hybridized carbons (Fsp3) is 1.00. The van der Waals surface area contributed by atoms with Crippen LogP contribution in [0.2, 0.25) is 0 Å². The lowest BCUT2D eigenvalue weighted by Crippen LogP contribution is -2.33. The molecule has 0 aliphatic carbocycles. The molecule has 0 aromatic carbocycles. The number of hydrogen-bond donors (Lipinski definition) is 1. The van der Waals surface area contributed by atoms with E-state index < -0.39 is 6.17 Å². The van der Waals surface area contributed by atoms with Crippen molar-refractivity contribution >= 4 is 0 Å². The minimum absolute atomic E-state index is 0.266. The van der Waals surface area contributed by atoms with E-state index in [1.165, 1.54) is 0 Å². The lowest BCUT2D eigenvalue weighted by atomic mass is 9.77. The predicted molar refractivity (Wildman–Crippen MR) is 61.3 cm³/mol. The average molecular weight is 203 g/mol. The van der Waals surface area contributed by atoms with Crippen molar-refractivity contribution in [3.05, 3.63) is 0 Å². The summed E-state index contributed by atoms with van der Waals surface area (Å²) in [6, 6.07) is 0. The second kappa shape index (κ2) is 6.39. The molecule has 1 N–H and O–H groups in total. The third-order valence-corrected chi connectivity index (χ3v) is 3.32. The maximum absolute atomic E-state index is 13.1. The molecule has 0 bridgehead atoms. The monoisotopic (exact) mass is 203 g/mol. The topological polar surface area (TPSA) is 12.0 Å². The maximum atomic E-state index is 13.1. The van der Waals surface area contributed by atoms with Crippen LogP contribution in [0.4, 0.5) is 4.39 Å². The Morgan fingerprint density at radius 1 is 1.29 bits per heavy atom. The molecule has 0 aromatic heterocycles. The van der Waals surface area contributed by atoms with E-state index in [1.54, 1.807) is 0 Å². The molecule has 0 saturated heterocycles. The van der Waals surface area contributed by atoms with E-state index in [2.05, 4.69) is 26.1 Å². The second-order valence-electron chi connectivity index (χ2n) is 5.00. The SMILES string of the molecule is CCC(F)CC[C@H](C)C(C)(C)CNC. The van der Waals surface area contributed by atoms with Crippen molar-refractivity contribution < 1.29 is 4.39 Å². The van der Waals surface area contributed by atoms with Crippen molar-refractivity contribution in [2.24, 2.45) is 11.3 Å². The van der Waals surface area contributed by atoms with Crippen LogP contribution in [0.1, 0.15) is 47.0 Å². The molecular weight excluding hydrogens is 177 g/mol. The summed E-state index contributed by atoms with van der Waals surface area (Å²) >= 11 is 0. The first kappa shape index (κ1) is 13.9. The molecule has 0 fully saturated rings. The third kappa shape index (κ3) is 4.94. The molecule has 0 aliphatic heterocycles. The van der Waals surface area contributed by atoms with Crippen LogP contribution in [-0.4, -0.2) is 19.8 Å². The Morgan fingerprint density at radius 2 is 1.86 bits per heavy atom. The molecule has 0 amide bonds. The van der Waals surface area contributed by atoms with Gasteiger partial charge in [0.25, 0.3) is 0 Å². The first-order chi connectivity index (χ1) is 6.44. The Labute approximate surface area is 88.5 Å². The molecule has 2 atom stereocenters. The Morgan fingerprint density at radius 3 is 2.29 bits per heavy atom. The summed E-state index contributed by atoms with van der Waals surface area (Å²) in [4.78, 5) is 0. The summed E-state index contributed by atoms with van der Waals surface area (Å²) in [6.45, 7) is 9.62. The van der Waals surface area contributed by atoms with Gasteiger partial charge in [-0.15, -0.1) is 0 Å². The van der Waals surface area contributed by atoms with E-state index in [0.717, 1.165) is 13.0 Å². The van der Waals surface area contributed by atoms with E-state index in [9.17, 15) is 4.39 Å². The van der Waals surface area contributed by atoms with Crippen LogP contribution in [0.15, 0.2) is 0 Å². The normalized spacial score (nSPS) is 16.7. The quantitative estimate of drug-likeness (QED) is 0.668. The Balaban J connectivity index is 3.87. The number of alkyl halides is 1. The number of halogens is 1. The summed E-state index contributed by atoms with van der Waals surface area (Å²) in [5.74, 6) is 0.569. The molecule has 0 heterocycles. The molecule has 1 nitrogen and oxygen atoms in total. The van der Waals surface area contributed by atoms with Gasteiger partial charge in [-0.2, -0.15) is 0 Å². The van der Waals surface area contributed by atoms with Crippen molar-refractivity contribution in [3.63, 3.8) is 0 Å². The molecule has 0 radical (unpaired) electrons. The van der Waals surface area contributed by atoms with Gasteiger partial charge >= 0.3 is 0 Å². The van der Waals surface area contributed by atoms with E-state index in [1.807, 2.05) is 14.0 Å². The van der Waals surface area contributed by atoms with Crippen LogP contribution in [0.5, 0.6) is 0 Å². The number of rotatable bonds is 7. The van der Waals surface area contributed by atoms with Crippen LogP contribution in [0.25, 0.3) is 0 Å². The van der Waals surface area contributed by atoms with Gasteiger partial charge in [0.15, 0.2) is 0 Å². The molecule has 1 unspecified atom stereocenters. The Kier molecular flexibility index (Phi) is 6.34. The molecule has 0 rings (SSSR count). The molecule has 0 aliphatic rings. The van der Waals surface area contributed by atoms with Gasteiger partial charge in [0.2, 0.25) is 0 Å². The van der Waals surface area contributed by atoms with Gasteiger partial charge in [0.05, 0.1) is 6.17 Å². The van der Waals surface area contributed by atoms with Crippen LogP contribution < -0.4 is 5.32 Å². The van der Waals surface area contributed by atoms with E-state index in [-0.39, 0.29) is 5.41 Å². The van der Waals surface area contributed by atoms with E-state index >= 15 is 0 Å². The van der Waals surface area contributed by atoms with Crippen LogP contribution in [0.3, 0.4) is 0 Å². The minimum atomic E-state index is -0.608. The lowest BCUT2D eigenvalue weighted by molar-refractivity contribution is 0.188.